The Morgan fingerprint density at radius 3 is 2.33 bits per heavy atom. The van der Waals surface area contributed by atoms with Crippen LogP contribution in [-0.4, -0.2) is 44.2 Å². The molecule has 0 spiro atoms. The summed E-state index contributed by atoms with van der Waals surface area (Å²) < 4.78 is 44.3. The van der Waals surface area contributed by atoms with Crippen LogP contribution in [0.15, 0.2) is 53.4 Å². The number of halogens is 1. The van der Waals surface area contributed by atoms with Gasteiger partial charge in [-0.2, -0.15) is 4.31 Å². The standard InChI is InChI=1S/C19H20FNO5S/c1-13(2)21(3)27(24,25)17-9-5-7-15(11-17)19(23)26-12-18(22)14-6-4-8-16(20)10-14/h4-11,13H,12H2,1-3H3. The molecule has 2 aromatic carbocycles. The van der Waals surface area contributed by atoms with Crippen LogP contribution in [0.1, 0.15) is 34.6 Å². The lowest BCUT2D eigenvalue weighted by molar-refractivity contribution is 0.0474. The molecule has 0 fully saturated rings. The first kappa shape index (κ1) is 20.7. The normalized spacial score (nSPS) is 11.6. The van der Waals surface area contributed by atoms with Crippen molar-refractivity contribution < 1.29 is 27.1 Å². The Balaban J connectivity index is 2.13. The molecule has 0 aliphatic rings. The molecule has 0 aromatic heterocycles. The first-order valence-electron chi connectivity index (χ1n) is 8.17. The topological polar surface area (TPSA) is 80.8 Å². The minimum absolute atomic E-state index is 0.000253. The molecule has 0 saturated carbocycles. The third-order valence-corrected chi connectivity index (χ3v) is 5.98. The summed E-state index contributed by atoms with van der Waals surface area (Å²) >= 11 is 0. The Morgan fingerprint density at radius 2 is 1.70 bits per heavy atom. The quantitative estimate of drug-likeness (QED) is 0.534. The number of esters is 1. The summed E-state index contributed by atoms with van der Waals surface area (Å²) in [6.45, 7) is 2.88. The van der Waals surface area contributed by atoms with E-state index in [1.54, 1.807) is 13.8 Å². The zero-order valence-corrected chi connectivity index (χ0v) is 16.0. The first-order valence-corrected chi connectivity index (χ1v) is 9.61. The van der Waals surface area contributed by atoms with Gasteiger partial charge in [0.15, 0.2) is 12.4 Å². The molecule has 0 bridgehead atoms. The maximum absolute atomic E-state index is 13.1. The van der Waals surface area contributed by atoms with E-state index in [1.807, 2.05) is 0 Å². The second-order valence-electron chi connectivity index (χ2n) is 6.15. The van der Waals surface area contributed by atoms with Crippen LogP contribution in [0.25, 0.3) is 0 Å². The lowest BCUT2D eigenvalue weighted by Gasteiger charge is -2.21. The number of hydrogen-bond acceptors (Lipinski definition) is 5. The van der Waals surface area contributed by atoms with Crippen LogP contribution >= 0.6 is 0 Å². The third kappa shape index (κ3) is 4.99. The van der Waals surface area contributed by atoms with Crippen molar-refractivity contribution in [3.05, 3.63) is 65.5 Å². The lowest BCUT2D eigenvalue weighted by atomic mass is 10.1. The van der Waals surface area contributed by atoms with Gasteiger partial charge in [0.05, 0.1) is 10.5 Å². The molecular weight excluding hydrogens is 373 g/mol. The highest BCUT2D eigenvalue weighted by Gasteiger charge is 2.24. The van der Waals surface area contributed by atoms with E-state index in [0.29, 0.717) is 0 Å². The van der Waals surface area contributed by atoms with E-state index in [9.17, 15) is 22.4 Å². The second-order valence-corrected chi connectivity index (χ2v) is 8.15. The Bertz CT molecular complexity index is 956. The molecular formula is C19H20FNO5S. The van der Waals surface area contributed by atoms with Crippen molar-refractivity contribution in [3.8, 4) is 0 Å². The minimum atomic E-state index is -3.76. The molecule has 2 aromatic rings. The van der Waals surface area contributed by atoms with Gasteiger partial charge in [0.1, 0.15) is 5.82 Å². The number of carbonyl (C=O) groups excluding carboxylic acids is 2. The van der Waals surface area contributed by atoms with Crippen molar-refractivity contribution in [1.29, 1.82) is 0 Å². The number of rotatable bonds is 7. The molecule has 0 N–H and O–H groups in total. The number of ketones is 1. The van der Waals surface area contributed by atoms with E-state index in [1.165, 1.54) is 53.8 Å². The fraction of sp³-hybridized carbons (Fsp3) is 0.263. The molecule has 2 rings (SSSR count). The van der Waals surface area contributed by atoms with E-state index in [4.69, 9.17) is 4.74 Å². The molecule has 0 amide bonds. The van der Waals surface area contributed by atoms with Gasteiger partial charge >= 0.3 is 5.97 Å². The van der Waals surface area contributed by atoms with Gasteiger partial charge in [-0.05, 0) is 44.2 Å². The highest BCUT2D eigenvalue weighted by molar-refractivity contribution is 7.89. The molecule has 0 atom stereocenters. The van der Waals surface area contributed by atoms with Crippen LogP contribution in [-0.2, 0) is 14.8 Å². The van der Waals surface area contributed by atoms with Gasteiger partial charge in [0, 0.05) is 18.7 Å². The van der Waals surface area contributed by atoms with Gasteiger partial charge in [-0.25, -0.2) is 17.6 Å². The molecule has 0 radical (unpaired) electrons. The van der Waals surface area contributed by atoms with E-state index in [0.717, 1.165) is 6.07 Å². The van der Waals surface area contributed by atoms with E-state index >= 15 is 0 Å². The van der Waals surface area contributed by atoms with Crippen LogP contribution in [0, 0.1) is 5.82 Å². The molecule has 0 unspecified atom stereocenters. The Kier molecular flexibility index (Phi) is 6.45. The molecule has 144 valence electrons. The summed E-state index contributed by atoms with van der Waals surface area (Å²) in [5.41, 5.74) is 0.0814. The molecule has 0 saturated heterocycles. The molecule has 6 nitrogen and oxygen atoms in total. The summed E-state index contributed by atoms with van der Waals surface area (Å²) in [6, 6.07) is 10.2. The Morgan fingerprint density at radius 1 is 1.07 bits per heavy atom. The monoisotopic (exact) mass is 393 g/mol. The van der Waals surface area contributed by atoms with Gasteiger partial charge in [0.25, 0.3) is 0 Å². The van der Waals surface area contributed by atoms with E-state index in [-0.39, 0.29) is 22.1 Å². The van der Waals surface area contributed by atoms with Crippen molar-refractivity contribution >= 4 is 21.8 Å². The Labute approximate surface area is 157 Å². The summed E-state index contributed by atoms with van der Waals surface area (Å²) in [5, 5.41) is 0. The highest BCUT2D eigenvalue weighted by atomic mass is 32.2. The average Bonchev–Trinajstić information content (AvgIpc) is 2.65. The van der Waals surface area contributed by atoms with Crippen molar-refractivity contribution in [2.24, 2.45) is 0 Å². The van der Waals surface area contributed by atoms with Gasteiger partial charge in [-0.1, -0.05) is 18.2 Å². The Hall–Kier alpha value is -2.58. The van der Waals surface area contributed by atoms with E-state index in [2.05, 4.69) is 0 Å². The van der Waals surface area contributed by atoms with Crippen molar-refractivity contribution in [3.63, 3.8) is 0 Å². The predicted molar refractivity (Wildman–Crippen MR) is 97.5 cm³/mol. The maximum atomic E-state index is 13.1. The fourth-order valence-electron chi connectivity index (χ4n) is 2.19. The smallest absolute Gasteiger partial charge is 0.338 e. The van der Waals surface area contributed by atoms with Crippen LogP contribution in [0.3, 0.4) is 0 Å². The maximum Gasteiger partial charge on any atom is 0.338 e. The summed E-state index contributed by atoms with van der Waals surface area (Å²) in [4.78, 5) is 24.1. The third-order valence-electron chi connectivity index (χ3n) is 3.95. The van der Waals surface area contributed by atoms with Crippen LogP contribution < -0.4 is 0 Å². The van der Waals surface area contributed by atoms with Gasteiger partial charge < -0.3 is 4.74 Å². The molecule has 0 aliphatic heterocycles. The highest BCUT2D eigenvalue weighted by Crippen LogP contribution is 2.18. The molecule has 0 heterocycles. The predicted octanol–water partition coefficient (Wildman–Crippen LogP) is 2.89. The van der Waals surface area contributed by atoms with Crippen molar-refractivity contribution in [2.45, 2.75) is 24.8 Å². The number of benzene rings is 2. The van der Waals surface area contributed by atoms with Crippen molar-refractivity contribution in [1.82, 2.24) is 4.31 Å². The van der Waals surface area contributed by atoms with Crippen LogP contribution in [0.5, 0.6) is 0 Å². The van der Waals surface area contributed by atoms with Crippen molar-refractivity contribution in [2.75, 3.05) is 13.7 Å². The van der Waals surface area contributed by atoms with Gasteiger partial charge in [0.2, 0.25) is 10.0 Å². The number of nitrogens with zero attached hydrogens (tertiary/aromatic N) is 1. The summed E-state index contributed by atoms with van der Waals surface area (Å²) in [5.74, 6) is -1.98. The zero-order chi connectivity index (χ0) is 20.2. The van der Waals surface area contributed by atoms with Crippen LogP contribution in [0.4, 0.5) is 4.39 Å². The number of sulfonamides is 1. The average molecular weight is 393 g/mol. The lowest BCUT2D eigenvalue weighted by Crippen LogP contribution is -2.33. The largest absolute Gasteiger partial charge is 0.454 e. The molecule has 27 heavy (non-hydrogen) atoms. The van der Waals surface area contributed by atoms with Gasteiger partial charge in [-0.3, -0.25) is 4.79 Å². The molecule has 8 heteroatoms. The molecule has 0 aliphatic carbocycles. The minimum Gasteiger partial charge on any atom is -0.454 e. The SMILES string of the molecule is CC(C)N(C)S(=O)(=O)c1cccc(C(=O)OCC(=O)c2cccc(F)c2)c1. The number of Topliss-reactive ketones (excluding diaryl/α,β-unsaturated/α-hetero) is 1. The number of hydrogen-bond donors (Lipinski definition) is 0. The summed E-state index contributed by atoms with van der Waals surface area (Å²) in [7, 11) is -2.31. The summed E-state index contributed by atoms with van der Waals surface area (Å²) in [6.07, 6.45) is 0. The zero-order valence-electron chi connectivity index (χ0n) is 15.2. The van der Waals surface area contributed by atoms with E-state index < -0.39 is 34.2 Å². The van der Waals surface area contributed by atoms with Crippen LogP contribution in [0.2, 0.25) is 0 Å². The first-order chi connectivity index (χ1) is 12.6. The fourth-order valence-corrected chi connectivity index (χ4v) is 3.60. The second kappa shape index (κ2) is 8.41. The number of carbonyl (C=O) groups is 2. The van der Waals surface area contributed by atoms with Gasteiger partial charge in [-0.15, -0.1) is 0 Å². The number of ether oxygens (including phenoxy) is 1.